The van der Waals surface area contributed by atoms with Gasteiger partial charge in [0.05, 0.1) is 25.8 Å². The summed E-state index contributed by atoms with van der Waals surface area (Å²) in [7, 11) is 0. The summed E-state index contributed by atoms with van der Waals surface area (Å²) in [6.45, 7) is 7.52. The third-order valence-electron chi connectivity index (χ3n) is 7.07. The molecular weight excluding hydrogens is 458 g/mol. The molecule has 210 valence electrons. The van der Waals surface area contributed by atoms with Crippen molar-refractivity contribution in [3.8, 4) is 0 Å². The molecule has 0 aliphatic heterocycles. The minimum Gasteiger partial charge on any atom is -0.481 e. The molecule has 0 heterocycles. The van der Waals surface area contributed by atoms with Crippen LogP contribution in [0.3, 0.4) is 0 Å². The van der Waals surface area contributed by atoms with Gasteiger partial charge in [-0.3, -0.25) is 18.9 Å². The number of rotatable bonds is 24. The summed E-state index contributed by atoms with van der Waals surface area (Å²) in [6, 6.07) is 0. The van der Waals surface area contributed by atoms with Crippen molar-refractivity contribution in [2.24, 2.45) is 17.8 Å². The van der Waals surface area contributed by atoms with E-state index in [0.717, 1.165) is 19.3 Å². The molecule has 0 saturated heterocycles. The smallest absolute Gasteiger partial charge is 0.311 e. The highest BCUT2D eigenvalue weighted by Crippen LogP contribution is 2.22. The molecule has 36 heavy (non-hydrogen) atoms. The van der Waals surface area contributed by atoms with Gasteiger partial charge >= 0.3 is 17.9 Å². The maximum Gasteiger partial charge on any atom is 0.311 e. The fourth-order valence-corrected chi connectivity index (χ4v) is 4.85. The topological polar surface area (TPSA) is 112 Å². The fourth-order valence-electron chi connectivity index (χ4n) is 4.85. The van der Waals surface area contributed by atoms with Crippen molar-refractivity contribution in [2.45, 2.75) is 118 Å². The van der Waals surface area contributed by atoms with Crippen LogP contribution in [0.1, 0.15) is 118 Å². The molecule has 0 aliphatic rings. The Kier molecular flexibility index (Phi) is 19.1. The van der Waals surface area contributed by atoms with Crippen molar-refractivity contribution in [1.82, 2.24) is 0 Å². The molecule has 0 aromatic heterocycles. The van der Waals surface area contributed by atoms with Crippen LogP contribution in [0, 0.1) is 17.8 Å². The van der Waals surface area contributed by atoms with Crippen LogP contribution in [0.4, 0.5) is 0 Å². The van der Waals surface area contributed by atoms with Crippen molar-refractivity contribution >= 4 is 17.9 Å². The van der Waals surface area contributed by atoms with E-state index in [1.807, 2.05) is 12.3 Å². The van der Waals surface area contributed by atoms with Crippen molar-refractivity contribution in [1.29, 1.82) is 0 Å². The predicted molar refractivity (Wildman–Crippen MR) is 145 cm³/mol. The first kappa shape index (κ1) is 34.1. The Hall–Kier alpha value is -1.89. The molecule has 7 nitrogen and oxygen atoms in total. The highest BCUT2D eigenvalue weighted by atomic mass is 16.4. The van der Waals surface area contributed by atoms with E-state index >= 15 is 0 Å². The van der Waals surface area contributed by atoms with Gasteiger partial charge in [0, 0.05) is 0 Å². The molecule has 3 N–H and O–H groups in total. The van der Waals surface area contributed by atoms with Crippen molar-refractivity contribution in [3.05, 3.63) is 12.3 Å². The van der Waals surface area contributed by atoms with Gasteiger partial charge in [-0.1, -0.05) is 84.0 Å². The number of nitrogens with zero attached hydrogens (tertiary/aromatic N) is 1. The SMILES string of the molecule is CCCCCCCCCCCCCCC/C=C/[N+](CC(C)C(=O)O)(CC(C)C(=O)O)CC(C)C(=O)O. The Labute approximate surface area is 219 Å². The maximum absolute atomic E-state index is 11.6. The summed E-state index contributed by atoms with van der Waals surface area (Å²) in [6.07, 6.45) is 21.4. The Morgan fingerprint density at radius 2 is 0.889 bits per heavy atom. The van der Waals surface area contributed by atoms with Gasteiger partial charge in [-0.15, -0.1) is 0 Å². The van der Waals surface area contributed by atoms with Crippen LogP contribution in [0.5, 0.6) is 0 Å². The van der Waals surface area contributed by atoms with Crippen LogP contribution in [0.25, 0.3) is 0 Å². The van der Waals surface area contributed by atoms with E-state index in [1.165, 1.54) is 70.6 Å². The lowest BCUT2D eigenvalue weighted by Gasteiger charge is -2.38. The second kappa shape index (κ2) is 20.2. The van der Waals surface area contributed by atoms with Gasteiger partial charge in [-0.2, -0.15) is 0 Å². The number of quaternary nitrogens is 1. The highest BCUT2D eigenvalue weighted by Gasteiger charge is 2.37. The minimum atomic E-state index is -0.964. The van der Waals surface area contributed by atoms with Gasteiger partial charge in [-0.05, 0) is 39.7 Å². The number of allylic oxidation sites excluding steroid dienone is 1. The van der Waals surface area contributed by atoms with Crippen molar-refractivity contribution in [2.75, 3.05) is 19.6 Å². The molecule has 0 aromatic carbocycles. The van der Waals surface area contributed by atoms with Gasteiger partial charge in [0.15, 0.2) is 0 Å². The maximum atomic E-state index is 11.6. The predicted octanol–water partition coefficient (Wildman–Crippen LogP) is 6.96. The molecule has 0 amide bonds. The zero-order valence-corrected chi connectivity index (χ0v) is 23.4. The van der Waals surface area contributed by atoms with Crippen LogP contribution < -0.4 is 0 Å². The van der Waals surface area contributed by atoms with Crippen LogP contribution in [-0.4, -0.2) is 57.3 Å². The van der Waals surface area contributed by atoms with E-state index < -0.39 is 35.7 Å². The molecule has 0 aromatic rings. The number of carboxylic acid groups (broad SMARTS) is 3. The normalized spacial score (nSPS) is 15.9. The molecule has 7 heteroatoms. The Balaban J connectivity index is 4.68. The molecule has 3 unspecified atom stereocenters. The first-order valence-corrected chi connectivity index (χ1v) is 14.3. The average Bonchev–Trinajstić information content (AvgIpc) is 2.81. The summed E-state index contributed by atoms with van der Waals surface area (Å²) < 4.78 is 0.0485. The number of hydrogen-bond donors (Lipinski definition) is 3. The van der Waals surface area contributed by atoms with Crippen molar-refractivity contribution in [3.63, 3.8) is 0 Å². The largest absolute Gasteiger partial charge is 0.481 e. The van der Waals surface area contributed by atoms with E-state index in [1.54, 1.807) is 20.8 Å². The third-order valence-corrected chi connectivity index (χ3v) is 7.07. The molecule has 0 spiro atoms. The fraction of sp³-hybridized carbons (Fsp3) is 0.828. The zero-order chi connectivity index (χ0) is 27.4. The molecule has 0 rings (SSSR count). The number of carbonyl (C=O) groups is 3. The number of unbranched alkanes of at least 4 members (excludes halogenated alkanes) is 13. The summed E-state index contributed by atoms with van der Waals surface area (Å²) >= 11 is 0. The van der Waals surface area contributed by atoms with Crippen LogP contribution >= 0.6 is 0 Å². The first-order chi connectivity index (χ1) is 17.0. The average molecular weight is 513 g/mol. The quantitative estimate of drug-likeness (QED) is 0.0952. The van der Waals surface area contributed by atoms with Crippen LogP contribution in [-0.2, 0) is 14.4 Å². The first-order valence-electron chi connectivity index (χ1n) is 14.3. The van der Waals surface area contributed by atoms with Gasteiger partial charge in [0.25, 0.3) is 0 Å². The molecule has 3 atom stereocenters. The van der Waals surface area contributed by atoms with E-state index in [-0.39, 0.29) is 24.1 Å². The lowest BCUT2D eigenvalue weighted by atomic mass is 10.0. The van der Waals surface area contributed by atoms with E-state index in [2.05, 4.69) is 6.92 Å². The van der Waals surface area contributed by atoms with Crippen molar-refractivity contribution < 1.29 is 34.2 Å². The van der Waals surface area contributed by atoms with Crippen LogP contribution in [0.15, 0.2) is 12.3 Å². The second-order valence-corrected chi connectivity index (χ2v) is 10.9. The molecule has 0 bridgehead atoms. The van der Waals surface area contributed by atoms with Gasteiger partial charge in [0.1, 0.15) is 17.8 Å². The Morgan fingerprint density at radius 1 is 0.583 bits per heavy atom. The van der Waals surface area contributed by atoms with Gasteiger partial charge in [0.2, 0.25) is 0 Å². The second-order valence-electron chi connectivity index (χ2n) is 10.9. The lowest BCUT2D eigenvalue weighted by Crippen LogP contribution is -2.53. The molecule has 0 aliphatic carbocycles. The standard InChI is InChI=1S/C29H53NO6/c1-5-6-7-8-9-10-11-12-13-14-15-16-17-18-19-20-30(21-24(2)27(31)32,22-25(3)28(33)34)23-26(4)29(35)36/h19-20,24-26H,5-18,21-23H2,1-4H3,(H2-,31,32,33,34,35,36)/p+1/b20-19+. The third kappa shape index (κ3) is 16.7. The van der Waals surface area contributed by atoms with Crippen LogP contribution in [0.2, 0.25) is 0 Å². The van der Waals surface area contributed by atoms with E-state index in [9.17, 15) is 29.7 Å². The number of carboxylic acids is 3. The summed E-state index contributed by atoms with van der Waals surface area (Å²) in [4.78, 5) is 34.7. The Morgan fingerprint density at radius 3 is 1.19 bits per heavy atom. The molecule has 0 fully saturated rings. The monoisotopic (exact) mass is 512 g/mol. The van der Waals surface area contributed by atoms with Gasteiger partial charge < -0.3 is 15.3 Å². The minimum absolute atomic E-state index is 0.0485. The summed E-state index contributed by atoms with van der Waals surface area (Å²) in [5.41, 5.74) is 0. The molecular formula is C29H54NO6+. The molecule has 0 radical (unpaired) electrons. The zero-order valence-electron chi connectivity index (χ0n) is 23.4. The molecule has 0 saturated carbocycles. The van der Waals surface area contributed by atoms with Gasteiger partial charge in [-0.25, -0.2) is 0 Å². The van der Waals surface area contributed by atoms with E-state index in [0.29, 0.717) is 0 Å². The summed E-state index contributed by atoms with van der Waals surface area (Å²) in [5.74, 6) is -5.04. The Bertz CT molecular complexity index is 593. The van der Waals surface area contributed by atoms with E-state index in [4.69, 9.17) is 0 Å². The lowest BCUT2D eigenvalue weighted by molar-refractivity contribution is -0.886. The highest BCUT2D eigenvalue weighted by molar-refractivity contribution is 5.70. The number of hydrogen-bond acceptors (Lipinski definition) is 3. The number of aliphatic carboxylic acids is 3. The summed E-state index contributed by atoms with van der Waals surface area (Å²) in [5, 5.41) is 28.4.